The van der Waals surface area contributed by atoms with E-state index in [1.165, 1.54) is 18.2 Å². The SMILES string of the molecule is O=C(Nc1ccc(NS(=O)(=O)c2ccc3[nH]c(=O)oc3c2)cc1)C1CC1. The van der Waals surface area contributed by atoms with E-state index in [1.54, 1.807) is 24.3 Å². The lowest BCUT2D eigenvalue weighted by molar-refractivity contribution is -0.117. The predicted molar refractivity (Wildman–Crippen MR) is 95.4 cm³/mol. The molecule has 1 aliphatic rings. The first kappa shape index (κ1) is 16.4. The molecule has 0 radical (unpaired) electrons. The van der Waals surface area contributed by atoms with Gasteiger partial charge in [-0.3, -0.25) is 14.5 Å². The summed E-state index contributed by atoms with van der Waals surface area (Å²) < 4.78 is 32.3. The van der Waals surface area contributed by atoms with Crippen LogP contribution in [0.3, 0.4) is 0 Å². The van der Waals surface area contributed by atoms with Gasteiger partial charge < -0.3 is 9.73 Å². The van der Waals surface area contributed by atoms with Crippen molar-refractivity contribution in [2.24, 2.45) is 5.92 Å². The monoisotopic (exact) mass is 373 g/mol. The van der Waals surface area contributed by atoms with E-state index in [1.807, 2.05) is 0 Å². The molecule has 0 saturated heterocycles. The average molecular weight is 373 g/mol. The number of hydrogen-bond acceptors (Lipinski definition) is 5. The van der Waals surface area contributed by atoms with Crippen LogP contribution < -0.4 is 15.8 Å². The van der Waals surface area contributed by atoms with Crippen LogP contribution in [0.4, 0.5) is 11.4 Å². The number of nitrogens with one attached hydrogen (secondary N) is 3. The van der Waals surface area contributed by atoms with Crippen molar-refractivity contribution >= 4 is 38.4 Å². The Bertz CT molecular complexity index is 1140. The molecule has 1 aliphatic carbocycles. The second-order valence-electron chi connectivity index (χ2n) is 6.12. The number of hydrogen-bond donors (Lipinski definition) is 3. The van der Waals surface area contributed by atoms with Crippen LogP contribution in [0.1, 0.15) is 12.8 Å². The summed E-state index contributed by atoms with van der Waals surface area (Å²) in [6.45, 7) is 0. The van der Waals surface area contributed by atoms with E-state index in [-0.39, 0.29) is 22.3 Å². The second kappa shape index (κ2) is 6.03. The molecule has 3 N–H and O–H groups in total. The minimum Gasteiger partial charge on any atom is -0.408 e. The van der Waals surface area contributed by atoms with Crippen molar-refractivity contribution in [3.8, 4) is 0 Å². The molecule has 0 spiro atoms. The van der Waals surface area contributed by atoms with Crippen molar-refractivity contribution in [1.29, 1.82) is 0 Å². The molecule has 1 saturated carbocycles. The lowest BCUT2D eigenvalue weighted by Crippen LogP contribution is -2.14. The number of benzene rings is 2. The molecule has 9 heteroatoms. The Kier molecular flexibility index (Phi) is 3.80. The van der Waals surface area contributed by atoms with E-state index in [2.05, 4.69) is 15.0 Å². The van der Waals surface area contributed by atoms with Crippen LogP contribution in [-0.2, 0) is 14.8 Å². The molecule has 0 unspecified atom stereocenters. The van der Waals surface area contributed by atoms with Crippen molar-refractivity contribution < 1.29 is 17.6 Å². The number of rotatable bonds is 5. The van der Waals surface area contributed by atoms with Crippen LogP contribution in [0, 0.1) is 5.92 Å². The smallest absolute Gasteiger partial charge is 0.408 e. The highest BCUT2D eigenvalue weighted by Crippen LogP contribution is 2.30. The maximum Gasteiger partial charge on any atom is 0.417 e. The average Bonchev–Trinajstić information content (AvgIpc) is 3.37. The van der Waals surface area contributed by atoms with Crippen molar-refractivity contribution in [3.63, 3.8) is 0 Å². The van der Waals surface area contributed by atoms with Crippen molar-refractivity contribution in [2.75, 3.05) is 10.0 Å². The first-order valence-corrected chi connectivity index (χ1v) is 9.46. The number of aromatic nitrogens is 1. The summed E-state index contributed by atoms with van der Waals surface area (Å²) in [5, 5.41) is 2.79. The standard InChI is InChI=1S/C17H15N3O5S/c21-16(10-1-2-10)18-11-3-5-12(6-4-11)20-26(23,24)13-7-8-14-15(9-13)25-17(22)19-14/h3-10,20H,1-2H2,(H,18,21)(H,19,22). The van der Waals surface area contributed by atoms with Gasteiger partial charge in [-0.1, -0.05) is 0 Å². The molecule has 26 heavy (non-hydrogen) atoms. The Hall–Kier alpha value is -3.07. The first-order valence-electron chi connectivity index (χ1n) is 7.97. The number of amides is 1. The van der Waals surface area contributed by atoms with Gasteiger partial charge in [-0.2, -0.15) is 0 Å². The highest BCUT2D eigenvalue weighted by atomic mass is 32.2. The molecule has 1 heterocycles. The molecular weight excluding hydrogens is 358 g/mol. The molecule has 0 aliphatic heterocycles. The highest BCUT2D eigenvalue weighted by molar-refractivity contribution is 7.92. The van der Waals surface area contributed by atoms with Gasteiger partial charge in [-0.15, -0.1) is 0 Å². The van der Waals surface area contributed by atoms with Crippen molar-refractivity contribution in [3.05, 3.63) is 53.0 Å². The van der Waals surface area contributed by atoms with Gasteiger partial charge in [0.2, 0.25) is 5.91 Å². The maximum atomic E-state index is 12.5. The van der Waals surface area contributed by atoms with Crippen LogP contribution in [0.2, 0.25) is 0 Å². The predicted octanol–water partition coefficient (Wildman–Crippen LogP) is 2.27. The molecule has 4 rings (SSSR count). The summed E-state index contributed by atoms with van der Waals surface area (Å²) in [7, 11) is -3.85. The van der Waals surface area contributed by atoms with E-state index >= 15 is 0 Å². The fourth-order valence-electron chi connectivity index (χ4n) is 2.52. The van der Waals surface area contributed by atoms with Crippen LogP contribution >= 0.6 is 0 Å². The topological polar surface area (TPSA) is 121 Å². The van der Waals surface area contributed by atoms with Crippen molar-refractivity contribution in [2.45, 2.75) is 17.7 Å². The summed E-state index contributed by atoms with van der Waals surface area (Å²) >= 11 is 0. The quantitative estimate of drug-likeness (QED) is 0.633. The molecule has 1 aromatic heterocycles. The third kappa shape index (κ3) is 3.33. The van der Waals surface area contributed by atoms with E-state index < -0.39 is 15.8 Å². The Balaban J connectivity index is 1.52. The van der Waals surface area contributed by atoms with Crippen LogP contribution in [0.15, 0.2) is 56.6 Å². The lowest BCUT2D eigenvalue weighted by atomic mass is 10.2. The maximum absolute atomic E-state index is 12.5. The zero-order valence-electron chi connectivity index (χ0n) is 13.5. The Labute approximate surface area is 148 Å². The zero-order valence-corrected chi connectivity index (χ0v) is 14.3. The number of H-pyrrole nitrogens is 1. The number of carbonyl (C=O) groups is 1. The largest absolute Gasteiger partial charge is 0.417 e. The molecule has 1 fully saturated rings. The summed E-state index contributed by atoms with van der Waals surface area (Å²) in [6, 6.07) is 10.5. The van der Waals surface area contributed by atoms with E-state index in [4.69, 9.17) is 4.42 Å². The van der Waals surface area contributed by atoms with Crippen LogP contribution in [-0.4, -0.2) is 19.3 Å². The molecule has 8 nitrogen and oxygen atoms in total. The van der Waals surface area contributed by atoms with E-state index in [0.29, 0.717) is 16.9 Å². The number of sulfonamides is 1. The second-order valence-corrected chi connectivity index (χ2v) is 7.80. The number of aromatic amines is 1. The van der Waals surface area contributed by atoms with Gasteiger partial charge in [-0.05, 0) is 49.2 Å². The van der Waals surface area contributed by atoms with Crippen molar-refractivity contribution in [1.82, 2.24) is 4.98 Å². The van der Waals surface area contributed by atoms with Crippen LogP contribution in [0.25, 0.3) is 11.1 Å². The van der Waals surface area contributed by atoms with Gasteiger partial charge in [0.1, 0.15) is 0 Å². The number of oxazole rings is 1. The highest BCUT2D eigenvalue weighted by Gasteiger charge is 2.29. The fourth-order valence-corrected chi connectivity index (χ4v) is 3.59. The van der Waals surface area contributed by atoms with Gasteiger partial charge in [0.05, 0.1) is 10.4 Å². The molecular formula is C17H15N3O5S. The number of anilines is 2. The van der Waals surface area contributed by atoms with Gasteiger partial charge in [0.25, 0.3) is 10.0 Å². The Morgan fingerprint density at radius 1 is 1.08 bits per heavy atom. The molecule has 0 bridgehead atoms. The molecule has 134 valence electrons. The summed E-state index contributed by atoms with van der Waals surface area (Å²) in [4.78, 5) is 25.3. The summed E-state index contributed by atoms with van der Waals surface area (Å²) in [5.41, 5.74) is 1.55. The molecule has 0 atom stereocenters. The normalized spacial score (nSPS) is 14.3. The summed E-state index contributed by atoms with van der Waals surface area (Å²) in [5.74, 6) is -0.567. The first-order chi connectivity index (χ1) is 12.4. The summed E-state index contributed by atoms with van der Waals surface area (Å²) in [6.07, 6.45) is 1.82. The third-order valence-electron chi connectivity index (χ3n) is 4.06. The Morgan fingerprint density at radius 2 is 1.77 bits per heavy atom. The lowest BCUT2D eigenvalue weighted by Gasteiger charge is -2.09. The van der Waals surface area contributed by atoms with E-state index in [9.17, 15) is 18.0 Å². The molecule has 1 amide bonds. The molecule has 2 aromatic carbocycles. The van der Waals surface area contributed by atoms with Gasteiger partial charge in [0.15, 0.2) is 5.58 Å². The number of fused-ring (bicyclic) bond motifs is 1. The van der Waals surface area contributed by atoms with E-state index in [0.717, 1.165) is 12.8 Å². The van der Waals surface area contributed by atoms with Gasteiger partial charge in [-0.25, -0.2) is 13.2 Å². The third-order valence-corrected chi connectivity index (χ3v) is 5.43. The minimum atomic E-state index is -3.85. The minimum absolute atomic E-state index is 0.0142. The fraction of sp³-hybridized carbons (Fsp3) is 0.176. The molecule has 3 aromatic rings. The zero-order chi connectivity index (χ0) is 18.3. The van der Waals surface area contributed by atoms with Gasteiger partial charge in [0, 0.05) is 23.4 Å². The Morgan fingerprint density at radius 3 is 2.46 bits per heavy atom. The van der Waals surface area contributed by atoms with Gasteiger partial charge >= 0.3 is 5.76 Å². The van der Waals surface area contributed by atoms with Crippen LogP contribution in [0.5, 0.6) is 0 Å². The number of carbonyl (C=O) groups excluding carboxylic acids is 1.